The van der Waals surface area contributed by atoms with Crippen LogP contribution in [-0.2, 0) is 11.2 Å². The number of unbranched alkanes of at least 4 members (excludes halogenated alkanes) is 1. The maximum absolute atomic E-state index is 13.6. The van der Waals surface area contributed by atoms with Gasteiger partial charge in [-0.15, -0.1) is 11.3 Å². The summed E-state index contributed by atoms with van der Waals surface area (Å²) in [7, 11) is 0. The van der Waals surface area contributed by atoms with Crippen LogP contribution >= 0.6 is 11.3 Å². The number of aromatic nitrogens is 1. The predicted molar refractivity (Wildman–Crippen MR) is 119 cm³/mol. The van der Waals surface area contributed by atoms with Crippen molar-refractivity contribution in [3.05, 3.63) is 15.6 Å². The molecular formula is C24H35N3O2S. The van der Waals surface area contributed by atoms with Gasteiger partial charge in [-0.25, -0.2) is 4.98 Å². The summed E-state index contributed by atoms with van der Waals surface area (Å²) in [6, 6.07) is 0. The molecule has 5 fully saturated rings. The van der Waals surface area contributed by atoms with Gasteiger partial charge in [-0.2, -0.15) is 0 Å². The number of hydrogen-bond acceptors (Lipinski definition) is 4. The monoisotopic (exact) mass is 429 g/mol. The van der Waals surface area contributed by atoms with Crippen molar-refractivity contribution < 1.29 is 9.59 Å². The van der Waals surface area contributed by atoms with Crippen LogP contribution in [-0.4, -0.2) is 52.8 Å². The van der Waals surface area contributed by atoms with Crippen LogP contribution in [0.3, 0.4) is 0 Å². The molecule has 1 saturated heterocycles. The lowest BCUT2D eigenvalue weighted by Gasteiger charge is -2.57. The zero-order valence-corrected chi connectivity index (χ0v) is 19.3. The molecule has 164 valence electrons. The molecule has 4 aliphatic carbocycles. The minimum absolute atomic E-state index is 0.0661. The lowest BCUT2D eigenvalue weighted by Crippen LogP contribution is -2.58. The quantitative estimate of drug-likeness (QED) is 0.701. The number of carbonyl (C=O) groups excluding carboxylic acids is 2. The van der Waals surface area contributed by atoms with Crippen LogP contribution in [0.5, 0.6) is 0 Å². The third-order valence-electron chi connectivity index (χ3n) is 8.13. The summed E-state index contributed by atoms with van der Waals surface area (Å²) in [5.41, 5.74) is 0.798. The SMILES string of the molecule is CCCCc1nc(C)c(C(=O)N2CCN(C(=O)C34CC5CC(CC(C5)C3)C4)CC2)s1. The second-order valence-corrected chi connectivity index (χ2v) is 11.5. The molecular weight excluding hydrogens is 394 g/mol. The van der Waals surface area contributed by atoms with Gasteiger partial charge in [0.1, 0.15) is 4.88 Å². The fourth-order valence-corrected chi connectivity index (χ4v) is 8.12. The number of hydrogen-bond donors (Lipinski definition) is 0. The molecule has 0 N–H and O–H groups in total. The summed E-state index contributed by atoms with van der Waals surface area (Å²) in [6.45, 7) is 6.81. The smallest absolute Gasteiger partial charge is 0.265 e. The molecule has 6 heteroatoms. The second-order valence-electron chi connectivity index (χ2n) is 10.4. The van der Waals surface area contributed by atoms with E-state index < -0.39 is 0 Å². The molecule has 5 aliphatic rings. The number of amides is 2. The minimum Gasteiger partial charge on any atom is -0.339 e. The van der Waals surface area contributed by atoms with Gasteiger partial charge in [-0.1, -0.05) is 13.3 Å². The lowest BCUT2D eigenvalue weighted by atomic mass is 9.49. The zero-order chi connectivity index (χ0) is 20.9. The van der Waals surface area contributed by atoms with Crippen molar-refractivity contribution in [1.82, 2.24) is 14.8 Å². The number of carbonyl (C=O) groups is 2. The summed E-state index contributed by atoms with van der Waals surface area (Å²) < 4.78 is 0. The van der Waals surface area contributed by atoms with Crippen LogP contribution in [0, 0.1) is 30.1 Å². The van der Waals surface area contributed by atoms with Crippen molar-refractivity contribution in [3.8, 4) is 0 Å². The molecule has 1 aliphatic heterocycles. The largest absolute Gasteiger partial charge is 0.339 e. The Kier molecular flexibility index (Phi) is 5.41. The first kappa shape index (κ1) is 20.5. The van der Waals surface area contributed by atoms with E-state index in [-0.39, 0.29) is 11.3 Å². The highest BCUT2D eigenvalue weighted by atomic mass is 32.1. The van der Waals surface area contributed by atoms with Crippen LogP contribution in [0.15, 0.2) is 0 Å². The first-order valence-corrected chi connectivity index (χ1v) is 12.8. The van der Waals surface area contributed by atoms with E-state index in [2.05, 4.69) is 16.8 Å². The highest BCUT2D eigenvalue weighted by Gasteiger charge is 2.55. The Labute approximate surface area is 184 Å². The molecule has 0 aromatic carbocycles. The average Bonchev–Trinajstić information content (AvgIpc) is 3.11. The summed E-state index contributed by atoms with van der Waals surface area (Å²) in [6.07, 6.45) is 10.7. The molecule has 0 atom stereocenters. The summed E-state index contributed by atoms with van der Waals surface area (Å²) in [4.78, 5) is 36.1. The standard InChI is InChI=1S/C24H35N3O2S/c1-3-4-5-20-25-16(2)21(30-20)22(28)26-6-8-27(9-7-26)23(29)24-13-17-10-18(14-24)12-19(11-17)15-24/h17-19H,3-15H2,1-2H3. The highest BCUT2D eigenvalue weighted by molar-refractivity contribution is 7.13. The van der Waals surface area contributed by atoms with E-state index in [4.69, 9.17) is 0 Å². The zero-order valence-electron chi connectivity index (χ0n) is 18.5. The molecule has 2 amide bonds. The summed E-state index contributed by atoms with van der Waals surface area (Å²) >= 11 is 1.56. The molecule has 4 saturated carbocycles. The Morgan fingerprint density at radius 2 is 1.57 bits per heavy atom. The van der Waals surface area contributed by atoms with E-state index in [9.17, 15) is 9.59 Å². The maximum Gasteiger partial charge on any atom is 0.265 e. The van der Waals surface area contributed by atoms with Gasteiger partial charge in [0, 0.05) is 26.2 Å². The number of nitrogens with zero attached hydrogens (tertiary/aromatic N) is 3. The van der Waals surface area contributed by atoms with Crippen molar-refractivity contribution in [2.75, 3.05) is 26.2 Å². The van der Waals surface area contributed by atoms with Crippen molar-refractivity contribution in [1.29, 1.82) is 0 Å². The lowest BCUT2D eigenvalue weighted by molar-refractivity contribution is -0.159. The predicted octanol–water partition coefficient (Wildman–Crippen LogP) is 4.29. The first-order chi connectivity index (χ1) is 14.5. The van der Waals surface area contributed by atoms with Gasteiger partial charge in [-0.05, 0) is 76.0 Å². The third-order valence-corrected chi connectivity index (χ3v) is 9.33. The van der Waals surface area contributed by atoms with Crippen molar-refractivity contribution in [2.45, 2.75) is 71.6 Å². The molecule has 2 heterocycles. The Morgan fingerprint density at radius 3 is 2.13 bits per heavy atom. The van der Waals surface area contributed by atoms with Gasteiger partial charge in [0.15, 0.2) is 0 Å². The van der Waals surface area contributed by atoms with E-state index in [0.29, 0.717) is 32.1 Å². The van der Waals surface area contributed by atoms with Crippen LogP contribution in [0.1, 0.15) is 78.7 Å². The van der Waals surface area contributed by atoms with Crippen molar-refractivity contribution in [3.63, 3.8) is 0 Å². The fraction of sp³-hybridized carbons (Fsp3) is 0.792. The van der Waals surface area contributed by atoms with Gasteiger partial charge < -0.3 is 9.80 Å². The van der Waals surface area contributed by atoms with E-state index in [1.807, 2.05) is 11.8 Å². The van der Waals surface area contributed by atoms with E-state index in [1.165, 1.54) is 19.3 Å². The molecule has 30 heavy (non-hydrogen) atoms. The highest BCUT2D eigenvalue weighted by Crippen LogP contribution is 2.60. The van der Waals surface area contributed by atoms with Crippen LogP contribution in [0.2, 0.25) is 0 Å². The average molecular weight is 430 g/mol. The van der Waals surface area contributed by atoms with E-state index in [1.54, 1.807) is 11.3 Å². The maximum atomic E-state index is 13.6. The van der Waals surface area contributed by atoms with Crippen LogP contribution < -0.4 is 0 Å². The molecule has 4 bridgehead atoms. The first-order valence-electron chi connectivity index (χ1n) is 12.0. The Balaban J connectivity index is 1.21. The van der Waals surface area contributed by atoms with Gasteiger partial charge >= 0.3 is 0 Å². The van der Waals surface area contributed by atoms with Gasteiger partial charge in [0.2, 0.25) is 5.91 Å². The number of thiazole rings is 1. The fourth-order valence-electron chi connectivity index (χ4n) is 7.05. The normalized spacial score (nSPS) is 32.7. The summed E-state index contributed by atoms with van der Waals surface area (Å²) in [5.74, 6) is 2.89. The number of rotatable bonds is 5. The Bertz CT molecular complexity index is 789. The molecule has 1 aromatic heterocycles. The minimum atomic E-state index is -0.0661. The Morgan fingerprint density at radius 1 is 1.00 bits per heavy atom. The molecule has 6 rings (SSSR count). The van der Waals surface area contributed by atoms with Crippen molar-refractivity contribution >= 4 is 23.2 Å². The molecule has 0 radical (unpaired) electrons. The second kappa shape index (κ2) is 7.92. The molecule has 1 aromatic rings. The van der Waals surface area contributed by atoms with E-state index >= 15 is 0 Å². The number of piperazine rings is 1. The van der Waals surface area contributed by atoms with Crippen molar-refractivity contribution in [2.24, 2.45) is 23.2 Å². The van der Waals surface area contributed by atoms with Crippen LogP contribution in [0.25, 0.3) is 0 Å². The molecule has 0 spiro atoms. The topological polar surface area (TPSA) is 53.5 Å². The van der Waals surface area contributed by atoms with Gasteiger partial charge in [-0.3, -0.25) is 9.59 Å². The third kappa shape index (κ3) is 3.59. The van der Waals surface area contributed by atoms with Crippen LogP contribution in [0.4, 0.5) is 0 Å². The molecule has 0 unspecified atom stereocenters. The Hall–Kier alpha value is -1.43. The van der Waals surface area contributed by atoms with Gasteiger partial charge in [0.25, 0.3) is 5.91 Å². The van der Waals surface area contributed by atoms with Gasteiger partial charge in [0.05, 0.1) is 16.1 Å². The number of aryl methyl sites for hydroxylation is 2. The summed E-state index contributed by atoms with van der Waals surface area (Å²) in [5, 5.41) is 1.08. The molecule has 5 nitrogen and oxygen atoms in total. The van der Waals surface area contributed by atoms with E-state index in [0.717, 1.165) is 71.9 Å².